The minimum Gasteiger partial charge on any atom is -0.330 e. The predicted molar refractivity (Wildman–Crippen MR) is 76.1 cm³/mol. The lowest BCUT2D eigenvalue weighted by Crippen LogP contribution is -2.33. The van der Waals surface area contributed by atoms with Crippen molar-refractivity contribution in [2.45, 2.75) is 24.9 Å². The summed E-state index contributed by atoms with van der Waals surface area (Å²) in [6.45, 7) is 2.40. The van der Waals surface area contributed by atoms with Crippen molar-refractivity contribution in [3.8, 4) is 0 Å². The van der Waals surface area contributed by atoms with Crippen molar-refractivity contribution in [2.75, 3.05) is 19.6 Å². The van der Waals surface area contributed by atoms with Gasteiger partial charge in [0.25, 0.3) is 0 Å². The fourth-order valence-electron chi connectivity index (χ4n) is 2.77. The van der Waals surface area contributed by atoms with E-state index in [1.165, 1.54) is 0 Å². The normalized spacial score (nSPS) is 18.4. The Kier molecular flexibility index (Phi) is 6.30. The van der Waals surface area contributed by atoms with E-state index in [9.17, 15) is 13.2 Å². The standard InChI is InChI=1S/C14H19F3N2.ClH/c15-14(16,17)12-3-1-10(2-4-12)13(9-18)11-5-7-19-8-6-11;/h1-4,11,13,19H,5-9,18H2;1H. The van der Waals surface area contributed by atoms with Crippen molar-refractivity contribution >= 4 is 12.4 Å². The Bertz CT molecular complexity index is 400. The van der Waals surface area contributed by atoms with E-state index in [0.717, 1.165) is 43.6 Å². The van der Waals surface area contributed by atoms with Gasteiger partial charge in [-0.2, -0.15) is 13.2 Å². The smallest absolute Gasteiger partial charge is 0.330 e. The fraction of sp³-hybridized carbons (Fsp3) is 0.571. The Balaban J connectivity index is 0.00000200. The highest BCUT2D eigenvalue weighted by Gasteiger charge is 2.31. The molecule has 0 saturated carbocycles. The maximum Gasteiger partial charge on any atom is 0.416 e. The largest absolute Gasteiger partial charge is 0.416 e. The molecule has 1 aromatic carbocycles. The molecule has 1 saturated heterocycles. The molecule has 0 radical (unpaired) electrons. The summed E-state index contributed by atoms with van der Waals surface area (Å²) in [4.78, 5) is 0. The summed E-state index contributed by atoms with van der Waals surface area (Å²) in [5.74, 6) is 0.618. The maximum absolute atomic E-state index is 12.5. The van der Waals surface area contributed by atoms with E-state index < -0.39 is 11.7 Å². The van der Waals surface area contributed by atoms with Crippen LogP contribution in [0.5, 0.6) is 0 Å². The third-order valence-electron chi connectivity index (χ3n) is 3.87. The first-order valence-corrected chi connectivity index (χ1v) is 6.60. The van der Waals surface area contributed by atoms with E-state index in [0.29, 0.717) is 12.5 Å². The van der Waals surface area contributed by atoms with Crippen LogP contribution in [0.25, 0.3) is 0 Å². The van der Waals surface area contributed by atoms with E-state index >= 15 is 0 Å². The number of rotatable bonds is 3. The molecular weight excluding hydrogens is 289 g/mol. The van der Waals surface area contributed by atoms with Crippen LogP contribution in [-0.4, -0.2) is 19.6 Å². The molecule has 0 bridgehead atoms. The lowest BCUT2D eigenvalue weighted by atomic mass is 9.80. The van der Waals surface area contributed by atoms with Crippen molar-refractivity contribution in [1.29, 1.82) is 0 Å². The van der Waals surface area contributed by atoms with Crippen molar-refractivity contribution in [3.05, 3.63) is 35.4 Å². The molecule has 1 unspecified atom stereocenters. The first-order chi connectivity index (χ1) is 9.02. The van der Waals surface area contributed by atoms with Crippen LogP contribution < -0.4 is 11.1 Å². The van der Waals surface area contributed by atoms with E-state index in [4.69, 9.17) is 5.73 Å². The highest BCUT2D eigenvalue weighted by Crippen LogP contribution is 2.33. The second-order valence-corrected chi connectivity index (χ2v) is 5.05. The molecule has 0 aromatic heterocycles. The van der Waals surface area contributed by atoms with Gasteiger partial charge in [0, 0.05) is 0 Å². The zero-order valence-electron chi connectivity index (χ0n) is 11.1. The molecule has 0 aliphatic carbocycles. The number of nitrogens with two attached hydrogens (primary N) is 1. The van der Waals surface area contributed by atoms with Gasteiger partial charge in [-0.1, -0.05) is 12.1 Å². The van der Waals surface area contributed by atoms with Gasteiger partial charge in [0.05, 0.1) is 5.56 Å². The number of benzene rings is 1. The van der Waals surface area contributed by atoms with Crippen LogP contribution in [0.4, 0.5) is 13.2 Å². The molecule has 1 fully saturated rings. The summed E-state index contributed by atoms with van der Waals surface area (Å²) in [6.07, 6.45) is -2.21. The summed E-state index contributed by atoms with van der Waals surface area (Å²) in [5.41, 5.74) is 6.14. The lowest BCUT2D eigenvalue weighted by molar-refractivity contribution is -0.137. The second kappa shape index (κ2) is 7.29. The molecule has 1 aliphatic heterocycles. The number of piperidine rings is 1. The Labute approximate surface area is 123 Å². The number of hydrogen-bond acceptors (Lipinski definition) is 2. The summed E-state index contributed by atoms with van der Waals surface area (Å²) in [5, 5.41) is 3.28. The van der Waals surface area contributed by atoms with Crippen molar-refractivity contribution in [2.24, 2.45) is 11.7 Å². The molecule has 0 amide bonds. The molecule has 0 spiro atoms. The molecule has 2 nitrogen and oxygen atoms in total. The number of halogens is 4. The summed E-state index contributed by atoms with van der Waals surface area (Å²) < 4.78 is 37.6. The molecule has 3 N–H and O–H groups in total. The maximum atomic E-state index is 12.5. The highest BCUT2D eigenvalue weighted by atomic mass is 35.5. The predicted octanol–water partition coefficient (Wildman–Crippen LogP) is 3.17. The van der Waals surface area contributed by atoms with Crippen LogP contribution in [0, 0.1) is 5.92 Å². The topological polar surface area (TPSA) is 38.0 Å². The van der Waals surface area contributed by atoms with Crippen LogP contribution >= 0.6 is 12.4 Å². The van der Waals surface area contributed by atoms with Crippen molar-refractivity contribution < 1.29 is 13.2 Å². The fourth-order valence-corrected chi connectivity index (χ4v) is 2.77. The van der Waals surface area contributed by atoms with Crippen molar-refractivity contribution in [3.63, 3.8) is 0 Å². The Morgan fingerprint density at radius 2 is 1.70 bits per heavy atom. The minimum absolute atomic E-state index is 0. The van der Waals surface area contributed by atoms with Crippen LogP contribution in [-0.2, 0) is 6.18 Å². The third-order valence-corrected chi connectivity index (χ3v) is 3.87. The number of nitrogens with one attached hydrogen (secondary N) is 1. The van der Waals surface area contributed by atoms with E-state index in [2.05, 4.69) is 5.32 Å². The third kappa shape index (κ3) is 4.11. The molecule has 1 atom stereocenters. The van der Waals surface area contributed by atoms with Crippen LogP contribution in [0.15, 0.2) is 24.3 Å². The van der Waals surface area contributed by atoms with Gasteiger partial charge in [-0.3, -0.25) is 0 Å². The molecule has 20 heavy (non-hydrogen) atoms. The molecule has 2 rings (SSSR count). The van der Waals surface area contributed by atoms with Crippen LogP contribution in [0.3, 0.4) is 0 Å². The second-order valence-electron chi connectivity index (χ2n) is 5.05. The van der Waals surface area contributed by atoms with Gasteiger partial charge in [-0.05, 0) is 62.0 Å². The first-order valence-electron chi connectivity index (χ1n) is 6.60. The molecule has 1 aliphatic rings. The Morgan fingerprint density at radius 3 is 2.15 bits per heavy atom. The quantitative estimate of drug-likeness (QED) is 0.900. The van der Waals surface area contributed by atoms with Crippen molar-refractivity contribution in [1.82, 2.24) is 5.32 Å². The summed E-state index contributed by atoms with van der Waals surface area (Å²) in [7, 11) is 0. The minimum atomic E-state index is -4.27. The van der Waals surface area contributed by atoms with Gasteiger partial charge in [-0.25, -0.2) is 0 Å². The Morgan fingerprint density at radius 1 is 1.15 bits per heavy atom. The van der Waals surface area contributed by atoms with E-state index in [-0.39, 0.29) is 18.3 Å². The number of hydrogen-bond donors (Lipinski definition) is 2. The molecule has 1 aromatic rings. The molecule has 114 valence electrons. The highest BCUT2D eigenvalue weighted by molar-refractivity contribution is 5.85. The average molecular weight is 309 g/mol. The molecular formula is C14H20ClF3N2. The van der Waals surface area contributed by atoms with Gasteiger partial charge in [0.2, 0.25) is 0 Å². The Hall–Kier alpha value is -0.780. The SMILES string of the molecule is Cl.NCC(c1ccc(C(F)(F)F)cc1)C1CCNCC1. The zero-order valence-corrected chi connectivity index (χ0v) is 11.9. The summed E-state index contributed by atoms with van der Waals surface area (Å²) >= 11 is 0. The molecule has 6 heteroatoms. The zero-order chi connectivity index (χ0) is 13.9. The average Bonchev–Trinajstić information content (AvgIpc) is 2.40. The first kappa shape index (κ1) is 17.3. The summed E-state index contributed by atoms with van der Waals surface area (Å²) in [6, 6.07) is 5.45. The van der Waals surface area contributed by atoms with Gasteiger partial charge >= 0.3 is 6.18 Å². The van der Waals surface area contributed by atoms with E-state index in [1.807, 2.05) is 0 Å². The monoisotopic (exact) mass is 308 g/mol. The van der Waals surface area contributed by atoms with Crippen LogP contribution in [0.2, 0.25) is 0 Å². The van der Waals surface area contributed by atoms with Gasteiger partial charge < -0.3 is 11.1 Å². The van der Waals surface area contributed by atoms with E-state index in [1.54, 1.807) is 12.1 Å². The number of alkyl halides is 3. The van der Waals surface area contributed by atoms with Gasteiger partial charge in [-0.15, -0.1) is 12.4 Å². The lowest BCUT2D eigenvalue weighted by Gasteiger charge is -2.30. The van der Waals surface area contributed by atoms with Gasteiger partial charge in [0.15, 0.2) is 0 Å². The van der Waals surface area contributed by atoms with Gasteiger partial charge in [0.1, 0.15) is 0 Å². The van der Waals surface area contributed by atoms with Crippen LogP contribution in [0.1, 0.15) is 29.9 Å². The molecule has 1 heterocycles.